The fraction of sp³-hybridized carbons (Fsp3) is 0.545. The van der Waals surface area contributed by atoms with Gasteiger partial charge in [0.2, 0.25) is 0 Å². The topological polar surface area (TPSA) is 53.1 Å². The Morgan fingerprint density at radius 1 is 1.11 bits per heavy atom. The van der Waals surface area contributed by atoms with E-state index in [0.717, 1.165) is 26.2 Å². The predicted octanol–water partition coefficient (Wildman–Crippen LogP) is 3.05. The SMILES string of the molecule is Cc1ccc(C)c(C2NNCC2CN2CCC(c3ncncc3C)CC2)c1. The van der Waals surface area contributed by atoms with E-state index in [9.17, 15) is 0 Å². The summed E-state index contributed by atoms with van der Waals surface area (Å²) in [5.74, 6) is 1.18. The van der Waals surface area contributed by atoms with Crippen LogP contribution < -0.4 is 10.9 Å². The van der Waals surface area contributed by atoms with Gasteiger partial charge in [-0.15, -0.1) is 0 Å². The second kappa shape index (κ2) is 8.05. The van der Waals surface area contributed by atoms with Gasteiger partial charge in [0.25, 0.3) is 0 Å². The minimum atomic E-state index is 0.395. The van der Waals surface area contributed by atoms with Crippen LogP contribution in [0.1, 0.15) is 52.7 Å². The van der Waals surface area contributed by atoms with Crippen molar-refractivity contribution in [1.29, 1.82) is 0 Å². The van der Waals surface area contributed by atoms with E-state index in [4.69, 9.17) is 0 Å². The first-order chi connectivity index (χ1) is 13.1. The molecular weight excluding hydrogens is 334 g/mol. The number of piperidine rings is 1. The van der Waals surface area contributed by atoms with Crippen LogP contribution in [0.25, 0.3) is 0 Å². The maximum Gasteiger partial charge on any atom is 0.115 e. The molecule has 4 rings (SSSR count). The van der Waals surface area contributed by atoms with Crippen LogP contribution in [0.4, 0.5) is 0 Å². The van der Waals surface area contributed by atoms with Crippen molar-refractivity contribution < 1.29 is 0 Å². The molecule has 2 aromatic rings. The summed E-state index contributed by atoms with van der Waals surface area (Å²) in [5.41, 5.74) is 13.6. The number of nitrogens with zero attached hydrogens (tertiary/aromatic N) is 3. The van der Waals surface area contributed by atoms with E-state index in [1.807, 2.05) is 6.20 Å². The molecule has 0 amide bonds. The molecule has 144 valence electrons. The number of aromatic nitrogens is 2. The molecule has 1 aromatic heterocycles. The lowest BCUT2D eigenvalue weighted by Gasteiger charge is -2.34. The van der Waals surface area contributed by atoms with Gasteiger partial charge in [-0.2, -0.15) is 0 Å². The number of benzene rings is 1. The predicted molar refractivity (Wildman–Crippen MR) is 108 cm³/mol. The molecule has 5 heteroatoms. The molecule has 2 atom stereocenters. The third kappa shape index (κ3) is 4.05. The second-order valence-electron chi connectivity index (χ2n) is 8.29. The molecule has 0 bridgehead atoms. The van der Waals surface area contributed by atoms with E-state index in [-0.39, 0.29) is 0 Å². The van der Waals surface area contributed by atoms with Gasteiger partial charge in [-0.1, -0.05) is 23.8 Å². The Bertz CT molecular complexity index is 782. The molecular formula is C22H31N5. The third-order valence-electron chi connectivity index (χ3n) is 6.27. The normalized spacial score (nSPS) is 24.4. The van der Waals surface area contributed by atoms with E-state index < -0.39 is 0 Å². The Morgan fingerprint density at radius 3 is 2.70 bits per heavy atom. The minimum Gasteiger partial charge on any atom is -0.303 e. The molecule has 2 saturated heterocycles. The highest BCUT2D eigenvalue weighted by atomic mass is 15.4. The van der Waals surface area contributed by atoms with E-state index in [1.165, 1.54) is 40.8 Å². The highest BCUT2D eigenvalue weighted by molar-refractivity contribution is 5.34. The standard InChI is InChI=1S/C22H31N5/c1-15-4-5-16(2)20(10-15)22-19(12-25-26-22)13-27-8-6-18(7-9-27)21-17(3)11-23-14-24-21/h4-5,10-11,14,18-19,22,25-26H,6-9,12-13H2,1-3H3. The van der Waals surface area contributed by atoms with Gasteiger partial charge < -0.3 is 4.90 Å². The number of hydrazine groups is 1. The van der Waals surface area contributed by atoms with Gasteiger partial charge in [0.15, 0.2) is 0 Å². The van der Waals surface area contributed by atoms with E-state index >= 15 is 0 Å². The van der Waals surface area contributed by atoms with Crippen LogP contribution in [0.3, 0.4) is 0 Å². The molecule has 0 spiro atoms. The van der Waals surface area contributed by atoms with Crippen molar-refractivity contribution in [3.63, 3.8) is 0 Å². The van der Waals surface area contributed by atoms with Gasteiger partial charge in [-0.25, -0.2) is 15.4 Å². The average molecular weight is 366 g/mol. The first-order valence-corrected chi connectivity index (χ1v) is 10.2. The molecule has 2 N–H and O–H groups in total. The number of nitrogens with one attached hydrogen (secondary N) is 2. The lowest BCUT2D eigenvalue weighted by atomic mass is 9.88. The molecule has 0 aliphatic carbocycles. The summed E-state index contributed by atoms with van der Waals surface area (Å²) in [6.45, 7) is 11.0. The molecule has 27 heavy (non-hydrogen) atoms. The van der Waals surface area contributed by atoms with Crippen LogP contribution in [0.5, 0.6) is 0 Å². The lowest BCUT2D eigenvalue weighted by molar-refractivity contribution is 0.178. The zero-order chi connectivity index (χ0) is 18.8. The summed E-state index contributed by atoms with van der Waals surface area (Å²) >= 11 is 0. The van der Waals surface area contributed by atoms with E-state index in [0.29, 0.717) is 17.9 Å². The Labute approximate surface area is 162 Å². The maximum atomic E-state index is 4.55. The average Bonchev–Trinajstić information content (AvgIpc) is 3.13. The van der Waals surface area contributed by atoms with Crippen LogP contribution in [-0.4, -0.2) is 41.0 Å². The third-order valence-corrected chi connectivity index (χ3v) is 6.27. The highest BCUT2D eigenvalue weighted by Crippen LogP contribution is 2.32. The van der Waals surface area contributed by atoms with Crippen molar-refractivity contribution in [2.75, 3.05) is 26.2 Å². The summed E-state index contributed by atoms with van der Waals surface area (Å²) in [6, 6.07) is 7.19. The molecule has 2 unspecified atom stereocenters. The monoisotopic (exact) mass is 365 g/mol. The van der Waals surface area contributed by atoms with E-state index in [2.05, 4.69) is 64.7 Å². The van der Waals surface area contributed by atoms with Gasteiger partial charge >= 0.3 is 0 Å². The molecule has 1 aromatic carbocycles. The van der Waals surface area contributed by atoms with Gasteiger partial charge in [0.1, 0.15) is 6.33 Å². The molecule has 3 heterocycles. The first kappa shape index (κ1) is 18.5. The zero-order valence-electron chi connectivity index (χ0n) is 16.7. The summed E-state index contributed by atoms with van der Waals surface area (Å²) < 4.78 is 0. The largest absolute Gasteiger partial charge is 0.303 e. The summed E-state index contributed by atoms with van der Waals surface area (Å²) in [7, 11) is 0. The number of aryl methyl sites for hydroxylation is 3. The number of hydrogen-bond donors (Lipinski definition) is 2. The summed E-state index contributed by atoms with van der Waals surface area (Å²) in [5, 5.41) is 0. The van der Waals surface area contributed by atoms with Crippen LogP contribution in [0, 0.1) is 26.7 Å². The number of rotatable bonds is 4. The second-order valence-corrected chi connectivity index (χ2v) is 8.29. The Balaban J connectivity index is 1.38. The fourth-order valence-electron chi connectivity index (χ4n) is 4.69. The Hall–Kier alpha value is -1.82. The van der Waals surface area contributed by atoms with Gasteiger partial charge in [0.05, 0.1) is 6.04 Å². The number of hydrogen-bond acceptors (Lipinski definition) is 5. The Kier molecular flexibility index (Phi) is 5.53. The molecule has 2 aliphatic rings. The molecule has 2 aliphatic heterocycles. The first-order valence-electron chi connectivity index (χ1n) is 10.2. The Morgan fingerprint density at radius 2 is 1.93 bits per heavy atom. The lowest BCUT2D eigenvalue weighted by Crippen LogP contribution is -2.38. The molecule has 2 fully saturated rings. The van der Waals surface area contributed by atoms with Crippen LogP contribution in [0.2, 0.25) is 0 Å². The van der Waals surface area contributed by atoms with Crippen LogP contribution in [-0.2, 0) is 0 Å². The molecule has 0 saturated carbocycles. The van der Waals surface area contributed by atoms with Crippen LogP contribution >= 0.6 is 0 Å². The number of likely N-dealkylation sites (tertiary alicyclic amines) is 1. The molecule has 0 radical (unpaired) electrons. The van der Waals surface area contributed by atoms with Crippen molar-refractivity contribution in [1.82, 2.24) is 25.7 Å². The smallest absolute Gasteiger partial charge is 0.115 e. The van der Waals surface area contributed by atoms with Gasteiger partial charge in [-0.3, -0.25) is 5.43 Å². The van der Waals surface area contributed by atoms with Crippen molar-refractivity contribution >= 4 is 0 Å². The quantitative estimate of drug-likeness (QED) is 0.872. The van der Waals surface area contributed by atoms with Gasteiger partial charge in [0, 0.05) is 36.8 Å². The molecule has 5 nitrogen and oxygen atoms in total. The van der Waals surface area contributed by atoms with Gasteiger partial charge in [-0.05, 0) is 63.4 Å². The van der Waals surface area contributed by atoms with Crippen molar-refractivity contribution in [2.24, 2.45) is 5.92 Å². The van der Waals surface area contributed by atoms with Crippen molar-refractivity contribution in [3.8, 4) is 0 Å². The zero-order valence-corrected chi connectivity index (χ0v) is 16.7. The fourth-order valence-corrected chi connectivity index (χ4v) is 4.69. The van der Waals surface area contributed by atoms with Crippen LogP contribution in [0.15, 0.2) is 30.7 Å². The highest BCUT2D eigenvalue weighted by Gasteiger charge is 2.32. The maximum absolute atomic E-state index is 4.55. The minimum absolute atomic E-state index is 0.395. The summed E-state index contributed by atoms with van der Waals surface area (Å²) in [4.78, 5) is 11.3. The van der Waals surface area contributed by atoms with E-state index in [1.54, 1.807) is 6.33 Å². The van der Waals surface area contributed by atoms with Crippen molar-refractivity contribution in [2.45, 2.75) is 45.6 Å². The van der Waals surface area contributed by atoms with Crippen molar-refractivity contribution in [3.05, 3.63) is 58.7 Å². The summed E-state index contributed by atoms with van der Waals surface area (Å²) in [6.07, 6.45) is 6.03.